The molecule has 12 heteroatoms. The number of nitrogens with zero attached hydrogens (tertiary/aromatic N) is 1. The molecule has 26 heavy (non-hydrogen) atoms. The Morgan fingerprint density at radius 3 is 2.08 bits per heavy atom. The van der Waals surface area contributed by atoms with Gasteiger partial charge in [-0.2, -0.15) is 4.72 Å². The maximum atomic E-state index is 12.5. The second-order valence-electron chi connectivity index (χ2n) is 5.74. The number of rotatable bonds is 8. The summed E-state index contributed by atoms with van der Waals surface area (Å²) < 4.78 is 51.3. The molecule has 1 aromatic carbocycles. The molecule has 3 N–H and O–H groups in total. The standard InChI is InChI=1S/C14H20N2O8S2/c1-8-5-9(2)12(7-11(8)16(3)25(4,21)22)26(23,24)15-10(14(19)20)6-13(17)18/h5,7,10,15H,6H2,1-4H3,(H,17,18)(H,19,20). The molecule has 0 saturated carbocycles. The van der Waals surface area contributed by atoms with Crippen molar-refractivity contribution in [3.63, 3.8) is 0 Å². The fourth-order valence-corrected chi connectivity index (χ4v) is 4.22. The van der Waals surface area contributed by atoms with E-state index in [-0.39, 0.29) is 16.1 Å². The lowest BCUT2D eigenvalue weighted by molar-refractivity contribution is -0.145. The second kappa shape index (κ2) is 7.60. The van der Waals surface area contributed by atoms with Crippen LogP contribution in [0, 0.1) is 13.8 Å². The molecule has 0 aliphatic carbocycles. The Balaban J connectivity index is 3.45. The van der Waals surface area contributed by atoms with Crippen molar-refractivity contribution in [3.05, 3.63) is 23.3 Å². The van der Waals surface area contributed by atoms with Gasteiger partial charge in [0.15, 0.2) is 0 Å². The maximum Gasteiger partial charge on any atom is 0.322 e. The quantitative estimate of drug-likeness (QED) is 0.538. The molecule has 1 aromatic rings. The normalized spacial score (nSPS) is 13.2. The van der Waals surface area contributed by atoms with E-state index in [1.54, 1.807) is 6.92 Å². The number of carbonyl (C=O) groups is 2. The third kappa shape index (κ3) is 5.16. The molecule has 146 valence electrons. The van der Waals surface area contributed by atoms with Crippen molar-refractivity contribution >= 4 is 37.7 Å². The number of aliphatic carboxylic acids is 2. The first kappa shape index (κ1) is 21.9. The summed E-state index contributed by atoms with van der Waals surface area (Å²) in [6.45, 7) is 3.05. The van der Waals surface area contributed by atoms with E-state index in [9.17, 15) is 26.4 Å². The van der Waals surface area contributed by atoms with Crippen LogP contribution in [0.2, 0.25) is 0 Å². The maximum absolute atomic E-state index is 12.5. The van der Waals surface area contributed by atoms with Gasteiger partial charge in [-0.3, -0.25) is 13.9 Å². The Morgan fingerprint density at radius 2 is 1.65 bits per heavy atom. The van der Waals surface area contributed by atoms with E-state index in [1.165, 1.54) is 20.0 Å². The number of benzene rings is 1. The average Bonchev–Trinajstić information content (AvgIpc) is 2.43. The predicted molar refractivity (Wildman–Crippen MR) is 93.2 cm³/mol. The first-order valence-corrected chi connectivity index (χ1v) is 10.5. The average molecular weight is 408 g/mol. The minimum Gasteiger partial charge on any atom is -0.481 e. The molecule has 0 fully saturated rings. The molecule has 0 saturated heterocycles. The molecule has 1 rings (SSSR count). The highest BCUT2D eigenvalue weighted by molar-refractivity contribution is 7.92. The summed E-state index contributed by atoms with van der Waals surface area (Å²) in [5.41, 5.74) is 0.846. The zero-order chi connectivity index (χ0) is 20.4. The fourth-order valence-electron chi connectivity index (χ4n) is 2.23. The van der Waals surface area contributed by atoms with Crippen molar-refractivity contribution in [2.45, 2.75) is 31.2 Å². The van der Waals surface area contributed by atoms with Gasteiger partial charge in [0.05, 0.1) is 23.3 Å². The molecular weight excluding hydrogens is 388 g/mol. The first-order chi connectivity index (χ1) is 11.7. The lowest BCUT2D eigenvalue weighted by atomic mass is 10.1. The van der Waals surface area contributed by atoms with Gasteiger partial charge in [-0.15, -0.1) is 0 Å². The Kier molecular flexibility index (Phi) is 6.39. The summed E-state index contributed by atoms with van der Waals surface area (Å²) in [6, 6.07) is 0.681. The molecule has 0 aliphatic rings. The van der Waals surface area contributed by atoms with E-state index in [1.807, 2.05) is 4.72 Å². The van der Waals surface area contributed by atoms with Crippen LogP contribution in [-0.4, -0.2) is 58.3 Å². The number of hydrogen-bond donors (Lipinski definition) is 3. The van der Waals surface area contributed by atoms with Crippen molar-refractivity contribution in [2.75, 3.05) is 17.6 Å². The molecule has 0 spiro atoms. The van der Waals surface area contributed by atoms with Crippen LogP contribution in [0.5, 0.6) is 0 Å². The van der Waals surface area contributed by atoms with Crippen LogP contribution in [0.4, 0.5) is 5.69 Å². The van der Waals surface area contributed by atoms with Crippen molar-refractivity contribution in [2.24, 2.45) is 0 Å². The van der Waals surface area contributed by atoms with Gasteiger partial charge in [0.2, 0.25) is 20.0 Å². The van der Waals surface area contributed by atoms with E-state index in [0.717, 1.165) is 16.6 Å². The monoisotopic (exact) mass is 408 g/mol. The highest BCUT2D eigenvalue weighted by Crippen LogP contribution is 2.28. The van der Waals surface area contributed by atoms with Gasteiger partial charge in [-0.25, -0.2) is 16.8 Å². The minimum atomic E-state index is -4.41. The lowest BCUT2D eigenvalue weighted by Gasteiger charge is -2.22. The van der Waals surface area contributed by atoms with Crippen molar-refractivity contribution in [3.8, 4) is 0 Å². The fraction of sp³-hybridized carbons (Fsp3) is 0.429. The van der Waals surface area contributed by atoms with E-state index < -0.39 is 44.4 Å². The zero-order valence-corrected chi connectivity index (χ0v) is 16.2. The highest BCUT2D eigenvalue weighted by atomic mass is 32.2. The molecule has 10 nitrogen and oxygen atoms in total. The van der Waals surface area contributed by atoms with Crippen LogP contribution in [0.1, 0.15) is 17.5 Å². The third-order valence-electron chi connectivity index (χ3n) is 3.59. The van der Waals surface area contributed by atoms with Crippen LogP contribution >= 0.6 is 0 Å². The van der Waals surface area contributed by atoms with Crippen LogP contribution in [0.25, 0.3) is 0 Å². The Bertz CT molecular complexity index is 938. The van der Waals surface area contributed by atoms with Crippen LogP contribution < -0.4 is 9.03 Å². The van der Waals surface area contributed by atoms with E-state index in [4.69, 9.17) is 10.2 Å². The van der Waals surface area contributed by atoms with Gasteiger partial charge < -0.3 is 10.2 Å². The van der Waals surface area contributed by atoms with Gasteiger partial charge in [0.25, 0.3) is 0 Å². The summed E-state index contributed by atoms with van der Waals surface area (Å²) in [7, 11) is -6.82. The summed E-state index contributed by atoms with van der Waals surface area (Å²) in [4.78, 5) is 21.5. The summed E-state index contributed by atoms with van der Waals surface area (Å²) in [5, 5.41) is 17.7. The summed E-state index contributed by atoms with van der Waals surface area (Å²) in [5.74, 6) is -3.13. The Labute approximate surface area is 151 Å². The van der Waals surface area contributed by atoms with Gasteiger partial charge in [-0.1, -0.05) is 6.07 Å². The third-order valence-corrected chi connectivity index (χ3v) is 6.40. The van der Waals surface area contributed by atoms with Crippen LogP contribution in [-0.2, 0) is 29.6 Å². The van der Waals surface area contributed by atoms with Crippen LogP contribution in [0.15, 0.2) is 17.0 Å². The Morgan fingerprint density at radius 1 is 1.12 bits per heavy atom. The van der Waals surface area contributed by atoms with Gasteiger partial charge in [0.1, 0.15) is 6.04 Å². The molecule has 0 bridgehead atoms. The minimum absolute atomic E-state index is 0.101. The Hall–Kier alpha value is -2.18. The van der Waals surface area contributed by atoms with Gasteiger partial charge in [0, 0.05) is 7.05 Å². The number of anilines is 1. The first-order valence-electron chi connectivity index (χ1n) is 7.19. The second-order valence-corrected chi connectivity index (χ2v) is 9.44. The highest BCUT2D eigenvalue weighted by Gasteiger charge is 2.29. The number of nitrogens with one attached hydrogen (secondary N) is 1. The smallest absolute Gasteiger partial charge is 0.322 e. The molecule has 0 aliphatic heterocycles. The number of hydrogen-bond acceptors (Lipinski definition) is 6. The SMILES string of the molecule is Cc1cc(C)c(S(=O)(=O)NC(CC(=O)O)C(=O)O)cc1N(C)S(C)(=O)=O. The number of carboxylic acids is 2. The number of sulfonamides is 2. The van der Waals surface area contributed by atoms with E-state index >= 15 is 0 Å². The predicted octanol–water partition coefficient (Wildman–Crippen LogP) is -0.0946. The molecule has 0 aromatic heterocycles. The van der Waals surface area contributed by atoms with E-state index in [0.29, 0.717) is 5.56 Å². The largest absolute Gasteiger partial charge is 0.481 e. The zero-order valence-electron chi connectivity index (χ0n) is 14.5. The lowest BCUT2D eigenvalue weighted by Crippen LogP contribution is -2.42. The van der Waals surface area contributed by atoms with Crippen molar-refractivity contribution in [1.29, 1.82) is 0 Å². The summed E-state index contributed by atoms with van der Waals surface area (Å²) in [6.07, 6.45) is 0.00160. The van der Waals surface area contributed by atoms with E-state index in [2.05, 4.69) is 0 Å². The number of aryl methyl sites for hydroxylation is 2. The molecule has 0 amide bonds. The molecule has 0 heterocycles. The topological polar surface area (TPSA) is 158 Å². The van der Waals surface area contributed by atoms with Crippen molar-refractivity contribution < 1.29 is 36.6 Å². The van der Waals surface area contributed by atoms with Gasteiger partial charge in [-0.05, 0) is 31.0 Å². The molecule has 0 radical (unpaired) electrons. The number of carboxylic acid groups (broad SMARTS) is 2. The van der Waals surface area contributed by atoms with Crippen molar-refractivity contribution in [1.82, 2.24) is 4.72 Å². The molecular formula is C14H20N2O8S2. The van der Waals surface area contributed by atoms with Crippen LogP contribution in [0.3, 0.4) is 0 Å². The summed E-state index contributed by atoms with van der Waals surface area (Å²) >= 11 is 0. The molecule has 1 atom stereocenters. The van der Waals surface area contributed by atoms with Gasteiger partial charge >= 0.3 is 11.9 Å². The molecule has 1 unspecified atom stereocenters.